The highest BCUT2D eigenvalue weighted by Crippen LogP contribution is 2.59. The first-order chi connectivity index (χ1) is 10.6. The van der Waals surface area contributed by atoms with Crippen molar-refractivity contribution >= 4 is 12.3 Å². The average Bonchev–Trinajstić information content (AvgIpc) is 3.02. The Morgan fingerprint density at radius 1 is 0.864 bits per heavy atom. The van der Waals surface area contributed by atoms with Crippen molar-refractivity contribution in [3.63, 3.8) is 0 Å². The van der Waals surface area contributed by atoms with E-state index in [0.29, 0.717) is 24.7 Å². The summed E-state index contributed by atoms with van der Waals surface area (Å²) in [6.45, 7) is 0. The van der Waals surface area contributed by atoms with Crippen molar-refractivity contribution in [1.82, 2.24) is 0 Å². The van der Waals surface area contributed by atoms with Crippen LogP contribution in [0.25, 0.3) is 0 Å². The Morgan fingerprint density at radius 2 is 1.55 bits per heavy atom. The average molecular weight is 304 g/mol. The van der Waals surface area contributed by atoms with Crippen LogP contribution in [0.5, 0.6) is 0 Å². The minimum atomic E-state index is -1.07. The molecule has 22 heavy (non-hydrogen) atoms. The predicted octanol–water partition coefficient (Wildman–Crippen LogP) is 3.91. The van der Waals surface area contributed by atoms with Crippen LogP contribution in [0.4, 0.5) is 0 Å². The topological polar surface area (TPSA) is 54.4 Å². The second kappa shape index (κ2) is 5.35. The van der Waals surface area contributed by atoms with Crippen molar-refractivity contribution in [2.75, 3.05) is 0 Å². The molecule has 4 saturated carbocycles. The number of carbonyl (C=O) groups excluding carboxylic acids is 1. The standard InChI is InChI=1S/C19H28O3/c20-11-19(18(21)22)9-8-15-13(10-19)5-7-16-14-3-1-2-12(14)4-6-17(15)16/h11-17H,1-10H2,(H,21,22)/t12-,13?,14+,15-,16-,17+,19?/m0/s1. The summed E-state index contributed by atoms with van der Waals surface area (Å²) in [5, 5.41) is 9.50. The highest BCUT2D eigenvalue weighted by molar-refractivity contribution is 5.92. The van der Waals surface area contributed by atoms with E-state index in [4.69, 9.17) is 0 Å². The fourth-order valence-electron chi connectivity index (χ4n) is 6.90. The van der Waals surface area contributed by atoms with Gasteiger partial charge in [-0.05, 0) is 86.9 Å². The summed E-state index contributed by atoms with van der Waals surface area (Å²) < 4.78 is 0. The third-order valence-electron chi connectivity index (χ3n) is 7.92. The molecule has 4 aliphatic carbocycles. The van der Waals surface area contributed by atoms with Gasteiger partial charge < -0.3 is 9.90 Å². The summed E-state index contributed by atoms with van der Waals surface area (Å²) in [4.78, 5) is 23.0. The molecule has 0 heterocycles. The summed E-state index contributed by atoms with van der Waals surface area (Å²) in [5.74, 6) is 4.00. The van der Waals surface area contributed by atoms with Crippen LogP contribution in [0.2, 0.25) is 0 Å². The molecule has 3 heteroatoms. The van der Waals surface area contributed by atoms with Crippen LogP contribution in [0.15, 0.2) is 0 Å². The van der Waals surface area contributed by atoms with E-state index >= 15 is 0 Å². The van der Waals surface area contributed by atoms with E-state index in [1.165, 1.54) is 38.5 Å². The molecule has 0 aromatic carbocycles. The molecule has 1 N–H and O–H groups in total. The summed E-state index contributed by atoms with van der Waals surface area (Å²) in [6.07, 6.45) is 12.4. The lowest BCUT2D eigenvalue weighted by Crippen LogP contribution is -2.48. The van der Waals surface area contributed by atoms with Gasteiger partial charge in [0.05, 0.1) is 0 Å². The van der Waals surface area contributed by atoms with Gasteiger partial charge in [0.15, 0.2) is 0 Å². The van der Waals surface area contributed by atoms with Gasteiger partial charge in [-0.2, -0.15) is 0 Å². The molecule has 4 fully saturated rings. The summed E-state index contributed by atoms with van der Waals surface area (Å²) in [6, 6.07) is 0. The molecule has 4 aliphatic rings. The maximum absolute atomic E-state index is 11.6. The summed E-state index contributed by atoms with van der Waals surface area (Å²) >= 11 is 0. The zero-order valence-corrected chi connectivity index (χ0v) is 13.4. The van der Waals surface area contributed by atoms with Gasteiger partial charge in [0.1, 0.15) is 11.7 Å². The number of carboxylic acid groups (broad SMARTS) is 1. The third-order valence-corrected chi connectivity index (χ3v) is 7.92. The van der Waals surface area contributed by atoms with Crippen LogP contribution in [0.1, 0.15) is 64.2 Å². The van der Waals surface area contributed by atoms with Crippen LogP contribution in [-0.4, -0.2) is 17.4 Å². The van der Waals surface area contributed by atoms with Crippen LogP contribution in [0.3, 0.4) is 0 Å². The molecule has 0 amide bonds. The van der Waals surface area contributed by atoms with Crippen LogP contribution in [-0.2, 0) is 9.59 Å². The molecule has 2 unspecified atom stereocenters. The van der Waals surface area contributed by atoms with Gasteiger partial charge in [0.25, 0.3) is 0 Å². The zero-order chi connectivity index (χ0) is 15.3. The van der Waals surface area contributed by atoms with Crippen molar-refractivity contribution in [1.29, 1.82) is 0 Å². The van der Waals surface area contributed by atoms with E-state index in [9.17, 15) is 14.7 Å². The second-order valence-electron chi connectivity index (χ2n) is 8.58. The largest absolute Gasteiger partial charge is 0.481 e. The normalized spacial score (nSPS) is 50.5. The molecule has 122 valence electrons. The fourth-order valence-corrected chi connectivity index (χ4v) is 6.90. The van der Waals surface area contributed by atoms with E-state index in [0.717, 1.165) is 42.8 Å². The number of hydrogen-bond acceptors (Lipinski definition) is 2. The molecule has 0 aliphatic heterocycles. The molecular formula is C19H28O3. The lowest BCUT2D eigenvalue weighted by molar-refractivity contribution is -0.158. The fraction of sp³-hybridized carbons (Fsp3) is 0.895. The summed E-state index contributed by atoms with van der Waals surface area (Å²) in [5.41, 5.74) is -1.07. The molecule has 0 spiro atoms. The molecule has 0 bridgehead atoms. The number of rotatable bonds is 2. The number of carbonyl (C=O) groups is 2. The Balaban J connectivity index is 1.53. The predicted molar refractivity (Wildman–Crippen MR) is 83.2 cm³/mol. The molecule has 0 radical (unpaired) electrons. The third kappa shape index (κ3) is 2.07. The molecule has 0 saturated heterocycles. The van der Waals surface area contributed by atoms with Gasteiger partial charge in [0, 0.05) is 0 Å². The van der Waals surface area contributed by atoms with E-state index in [1.807, 2.05) is 0 Å². The number of fused-ring (bicyclic) bond motifs is 5. The maximum Gasteiger partial charge on any atom is 0.316 e. The van der Waals surface area contributed by atoms with E-state index < -0.39 is 11.4 Å². The Hall–Kier alpha value is -0.860. The number of hydrogen-bond donors (Lipinski definition) is 1. The first-order valence-electron chi connectivity index (χ1n) is 9.34. The van der Waals surface area contributed by atoms with Crippen LogP contribution >= 0.6 is 0 Å². The van der Waals surface area contributed by atoms with Crippen molar-refractivity contribution in [2.45, 2.75) is 64.2 Å². The molecule has 3 nitrogen and oxygen atoms in total. The highest BCUT2D eigenvalue weighted by Gasteiger charge is 2.53. The van der Waals surface area contributed by atoms with Crippen molar-refractivity contribution < 1.29 is 14.7 Å². The lowest BCUT2D eigenvalue weighted by atomic mass is 9.51. The van der Waals surface area contributed by atoms with Crippen molar-refractivity contribution in [3.8, 4) is 0 Å². The first kappa shape index (κ1) is 14.7. The maximum atomic E-state index is 11.6. The molecular weight excluding hydrogens is 276 g/mol. The second-order valence-corrected chi connectivity index (χ2v) is 8.58. The zero-order valence-electron chi connectivity index (χ0n) is 13.4. The van der Waals surface area contributed by atoms with E-state index in [2.05, 4.69) is 0 Å². The lowest BCUT2D eigenvalue weighted by Gasteiger charge is -2.53. The number of aliphatic carboxylic acids is 1. The van der Waals surface area contributed by atoms with Gasteiger partial charge >= 0.3 is 5.97 Å². The molecule has 0 aromatic heterocycles. The molecule has 0 aromatic rings. The smallest absolute Gasteiger partial charge is 0.316 e. The number of carboxylic acids is 1. The molecule has 7 atom stereocenters. The van der Waals surface area contributed by atoms with E-state index in [1.54, 1.807) is 0 Å². The minimum absolute atomic E-state index is 0.481. The Bertz CT molecular complexity index is 473. The van der Waals surface area contributed by atoms with Gasteiger partial charge in [0.2, 0.25) is 0 Å². The Kier molecular flexibility index (Phi) is 3.58. The van der Waals surface area contributed by atoms with Crippen LogP contribution in [0, 0.1) is 40.9 Å². The quantitative estimate of drug-likeness (QED) is 0.621. The summed E-state index contributed by atoms with van der Waals surface area (Å²) in [7, 11) is 0. The van der Waals surface area contributed by atoms with Gasteiger partial charge in [-0.1, -0.05) is 12.8 Å². The first-order valence-corrected chi connectivity index (χ1v) is 9.34. The SMILES string of the molecule is O=CC1(C(=O)O)CC[C@H]2C(CC[C@H]3[C@@H]4CCC[C@H]4CC[C@@H]32)C1. The monoisotopic (exact) mass is 304 g/mol. The van der Waals surface area contributed by atoms with Gasteiger partial charge in [-0.15, -0.1) is 0 Å². The van der Waals surface area contributed by atoms with E-state index in [-0.39, 0.29) is 0 Å². The minimum Gasteiger partial charge on any atom is -0.481 e. The van der Waals surface area contributed by atoms with Crippen LogP contribution < -0.4 is 0 Å². The Morgan fingerprint density at radius 3 is 2.23 bits per heavy atom. The van der Waals surface area contributed by atoms with Crippen molar-refractivity contribution in [2.24, 2.45) is 40.9 Å². The molecule has 4 rings (SSSR count). The van der Waals surface area contributed by atoms with Crippen molar-refractivity contribution in [3.05, 3.63) is 0 Å². The number of aldehydes is 1. The Labute approximate surface area is 132 Å². The van der Waals surface area contributed by atoms with Gasteiger partial charge in [-0.25, -0.2) is 0 Å². The van der Waals surface area contributed by atoms with Gasteiger partial charge in [-0.3, -0.25) is 4.79 Å². The highest BCUT2D eigenvalue weighted by atomic mass is 16.4.